The van der Waals surface area contributed by atoms with Gasteiger partial charge in [0.25, 0.3) is 0 Å². The average Bonchev–Trinajstić information content (AvgIpc) is 2.66. The number of hydrogen-bond donors (Lipinski definition) is 0. The van der Waals surface area contributed by atoms with E-state index in [-0.39, 0.29) is 0 Å². The number of aromatic nitrogens is 2. The van der Waals surface area contributed by atoms with Crippen LogP contribution in [0.3, 0.4) is 0 Å². The molecule has 1 aromatic rings. The first-order valence-electron chi connectivity index (χ1n) is 5.48. The number of imidazole rings is 1. The van der Waals surface area contributed by atoms with Crippen LogP contribution in [0.5, 0.6) is 0 Å². The SMILES string of the molecule is CCn1ccnc1C1CCCCC1Br. The predicted molar refractivity (Wildman–Crippen MR) is 61.8 cm³/mol. The fourth-order valence-corrected chi connectivity index (χ4v) is 3.12. The first-order chi connectivity index (χ1) is 6.83. The summed E-state index contributed by atoms with van der Waals surface area (Å²) >= 11 is 3.79. The Morgan fingerprint density at radius 2 is 2.29 bits per heavy atom. The Hall–Kier alpha value is -0.310. The van der Waals surface area contributed by atoms with Crippen LogP contribution in [-0.4, -0.2) is 14.4 Å². The van der Waals surface area contributed by atoms with E-state index in [0.717, 1.165) is 6.54 Å². The van der Waals surface area contributed by atoms with E-state index in [1.54, 1.807) is 0 Å². The van der Waals surface area contributed by atoms with E-state index in [0.29, 0.717) is 10.7 Å². The van der Waals surface area contributed by atoms with Gasteiger partial charge >= 0.3 is 0 Å². The molecule has 1 fully saturated rings. The van der Waals surface area contributed by atoms with Crippen LogP contribution in [-0.2, 0) is 6.54 Å². The lowest BCUT2D eigenvalue weighted by atomic mass is 9.88. The van der Waals surface area contributed by atoms with Crippen molar-refractivity contribution in [2.45, 2.75) is 49.9 Å². The molecule has 1 aromatic heterocycles. The van der Waals surface area contributed by atoms with Crippen LogP contribution in [0.1, 0.15) is 44.3 Å². The molecular weight excluding hydrogens is 240 g/mol. The minimum Gasteiger partial charge on any atom is -0.335 e. The van der Waals surface area contributed by atoms with Gasteiger partial charge in [0.05, 0.1) is 0 Å². The minimum atomic E-state index is 0.624. The lowest BCUT2D eigenvalue weighted by Crippen LogP contribution is -2.20. The van der Waals surface area contributed by atoms with Crippen molar-refractivity contribution in [2.24, 2.45) is 0 Å². The standard InChI is InChI=1S/C11H17BrN2/c1-2-14-8-7-13-11(14)9-5-3-4-6-10(9)12/h7-10H,2-6H2,1H3. The molecule has 0 N–H and O–H groups in total. The second kappa shape index (κ2) is 4.47. The number of halogens is 1. The van der Waals surface area contributed by atoms with Crippen molar-refractivity contribution in [3.05, 3.63) is 18.2 Å². The highest BCUT2D eigenvalue weighted by Gasteiger charge is 2.27. The summed E-state index contributed by atoms with van der Waals surface area (Å²) in [6, 6.07) is 0. The van der Waals surface area contributed by atoms with Gasteiger partial charge in [-0.1, -0.05) is 28.8 Å². The summed E-state index contributed by atoms with van der Waals surface area (Å²) in [4.78, 5) is 5.12. The highest BCUT2D eigenvalue weighted by atomic mass is 79.9. The van der Waals surface area contributed by atoms with E-state index in [2.05, 4.69) is 38.6 Å². The first-order valence-corrected chi connectivity index (χ1v) is 6.39. The van der Waals surface area contributed by atoms with Crippen LogP contribution in [0.15, 0.2) is 12.4 Å². The predicted octanol–water partition coefficient (Wildman–Crippen LogP) is 3.32. The van der Waals surface area contributed by atoms with E-state index in [9.17, 15) is 0 Å². The topological polar surface area (TPSA) is 17.8 Å². The maximum absolute atomic E-state index is 4.49. The van der Waals surface area contributed by atoms with Gasteiger partial charge in [-0.15, -0.1) is 0 Å². The van der Waals surface area contributed by atoms with Crippen LogP contribution in [0.25, 0.3) is 0 Å². The second-order valence-electron chi connectivity index (χ2n) is 3.98. The lowest BCUT2D eigenvalue weighted by Gasteiger charge is -2.27. The van der Waals surface area contributed by atoms with Crippen LogP contribution < -0.4 is 0 Å². The van der Waals surface area contributed by atoms with Crippen LogP contribution >= 0.6 is 15.9 Å². The van der Waals surface area contributed by atoms with Crippen molar-refractivity contribution >= 4 is 15.9 Å². The molecule has 1 saturated carbocycles. The van der Waals surface area contributed by atoms with Crippen LogP contribution in [0.2, 0.25) is 0 Å². The molecular formula is C11H17BrN2. The Balaban J connectivity index is 2.20. The number of hydrogen-bond acceptors (Lipinski definition) is 1. The van der Waals surface area contributed by atoms with Gasteiger partial charge in [-0.05, 0) is 19.8 Å². The molecule has 78 valence electrons. The van der Waals surface area contributed by atoms with Crippen LogP contribution in [0.4, 0.5) is 0 Å². The van der Waals surface area contributed by atoms with Gasteiger partial charge in [0.15, 0.2) is 0 Å². The third kappa shape index (κ3) is 1.88. The molecule has 1 aliphatic carbocycles. The Morgan fingerprint density at radius 1 is 1.50 bits per heavy atom. The monoisotopic (exact) mass is 256 g/mol. The highest BCUT2D eigenvalue weighted by Crippen LogP contribution is 2.36. The van der Waals surface area contributed by atoms with E-state index < -0.39 is 0 Å². The molecule has 0 radical (unpaired) electrons. The van der Waals surface area contributed by atoms with E-state index >= 15 is 0 Å². The van der Waals surface area contributed by atoms with Gasteiger partial charge < -0.3 is 4.57 Å². The van der Waals surface area contributed by atoms with Gasteiger partial charge in [0, 0.05) is 29.7 Å². The number of aryl methyl sites for hydroxylation is 1. The van der Waals surface area contributed by atoms with Crippen molar-refractivity contribution in [1.82, 2.24) is 9.55 Å². The highest BCUT2D eigenvalue weighted by molar-refractivity contribution is 9.09. The lowest BCUT2D eigenvalue weighted by molar-refractivity contribution is 0.433. The number of rotatable bonds is 2. The summed E-state index contributed by atoms with van der Waals surface area (Å²) in [7, 11) is 0. The molecule has 2 unspecified atom stereocenters. The smallest absolute Gasteiger partial charge is 0.112 e. The fourth-order valence-electron chi connectivity index (χ4n) is 2.29. The van der Waals surface area contributed by atoms with Gasteiger partial charge in [-0.2, -0.15) is 0 Å². The van der Waals surface area contributed by atoms with E-state index in [4.69, 9.17) is 0 Å². The van der Waals surface area contributed by atoms with Crippen molar-refractivity contribution in [1.29, 1.82) is 0 Å². The molecule has 0 aromatic carbocycles. The summed E-state index contributed by atoms with van der Waals surface area (Å²) < 4.78 is 2.27. The van der Waals surface area contributed by atoms with Gasteiger partial charge in [0.2, 0.25) is 0 Å². The fraction of sp³-hybridized carbons (Fsp3) is 0.727. The molecule has 0 saturated heterocycles. The maximum Gasteiger partial charge on any atom is 0.112 e. The van der Waals surface area contributed by atoms with E-state index in [1.165, 1.54) is 31.5 Å². The van der Waals surface area contributed by atoms with Gasteiger partial charge in [-0.25, -0.2) is 4.98 Å². The Bertz CT molecular complexity index is 295. The summed E-state index contributed by atoms with van der Waals surface area (Å²) in [5.41, 5.74) is 0. The first kappa shape index (κ1) is 10.2. The molecule has 0 bridgehead atoms. The van der Waals surface area contributed by atoms with Crippen molar-refractivity contribution < 1.29 is 0 Å². The third-order valence-corrected chi connectivity index (χ3v) is 4.20. The Labute approximate surface area is 93.9 Å². The summed E-state index contributed by atoms with van der Waals surface area (Å²) in [6.07, 6.45) is 9.30. The second-order valence-corrected chi connectivity index (χ2v) is 5.15. The van der Waals surface area contributed by atoms with Crippen molar-refractivity contribution in [3.8, 4) is 0 Å². The average molecular weight is 257 g/mol. The minimum absolute atomic E-state index is 0.624. The molecule has 2 atom stereocenters. The molecule has 2 nitrogen and oxygen atoms in total. The third-order valence-electron chi connectivity index (χ3n) is 3.10. The molecule has 0 spiro atoms. The van der Waals surface area contributed by atoms with Gasteiger partial charge in [-0.3, -0.25) is 0 Å². The zero-order valence-electron chi connectivity index (χ0n) is 8.62. The number of alkyl halides is 1. The van der Waals surface area contributed by atoms with Crippen LogP contribution in [0, 0.1) is 0 Å². The molecule has 0 aliphatic heterocycles. The quantitative estimate of drug-likeness (QED) is 0.743. The van der Waals surface area contributed by atoms with E-state index in [1.807, 2.05) is 6.20 Å². The number of nitrogens with zero attached hydrogens (tertiary/aromatic N) is 2. The van der Waals surface area contributed by atoms with Gasteiger partial charge in [0.1, 0.15) is 5.82 Å². The van der Waals surface area contributed by atoms with Crippen molar-refractivity contribution in [2.75, 3.05) is 0 Å². The molecule has 1 aliphatic rings. The Kier molecular flexibility index (Phi) is 3.26. The molecule has 2 rings (SSSR count). The molecule has 3 heteroatoms. The zero-order valence-corrected chi connectivity index (χ0v) is 10.2. The maximum atomic E-state index is 4.49. The largest absolute Gasteiger partial charge is 0.335 e. The molecule has 0 amide bonds. The molecule has 14 heavy (non-hydrogen) atoms. The summed E-state index contributed by atoms with van der Waals surface area (Å²) in [5, 5.41) is 0. The summed E-state index contributed by atoms with van der Waals surface area (Å²) in [5.74, 6) is 1.90. The zero-order chi connectivity index (χ0) is 9.97. The van der Waals surface area contributed by atoms with Crippen molar-refractivity contribution in [3.63, 3.8) is 0 Å². The summed E-state index contributed by atoms with van der Waals surface area (Å²) in [6.45, 7) is 3.21. The normalized spacial score (nSPS) is 27.9. The Morgan fingerprint density at radius 3 is 3.00 bits per heavy atom. The molecule has 1 heterocycles.